The van der Waals surface area contributed by atoms with Crippen LogP contribution >= 0.6 is 0 Å². The molecule has 1 heterocycles. The molecular weight excluding hydrogens is 362 g/mol. The molecule has 1 aromatic rings. The number of ether oxygens (including phenoxy) is 1. The largest absolute Gasteiger partial charge is 0.462 e. The van der Waals surface area contributed by atoms with Gasteiger partial charge >= 0.3 is 5.97 Å². The maximum absolute atomic E-state index is 11.9. The Labute approximate surface area is 165 Å². The van der Waals surface area contributed by atoms with E-state index < -0.39 is 24.4 Å². The fourth-order valence-electron chi connectivity index (χ4n) is 3.36. The first-order chi connectivity index (χ1) is 13.5. The van der Waals surface area contributed by atoms with Crippen molar-refractivity contribution < 1.29 is 30.0 Å². The number of terminal acetylenes is 1. The van der Waals surface area contributed by atoms with Crippen molar-refractivity contribution in [2.45, 2.75) is 50.0 Å². The molecule has 0 aliphatic carbocycles. The summed E-state index contributed by atoms with van der Waals surface area (Å²) in [7, 11) is 0. The van der Waals surface area contributed by atoms with Crippen LogP contribution in [0.1, 0.15) is 41.6 Å². The number of benzene rings is 1. The monoisotopic (exact) mass is 391 g/mol. The number of likely N-dealkylation sites (tertiary alicyclic amines) is 1. The van der Waals surface area contributed by atoms with Gasteiger partial charge in [0.2, 0.25) is 0 Å². The van der Waals surface area contributed by atoms with Gasteiger partial charge in [-0.1, -0.05) is 18.8 Å². The lowest BCUT2D eigenvalue weighted by Crippen LogP contribution is -2.62. The van der Waals surface area contributed by atoms with E-state index in [1.54, 1.807) is 24.3 Å². The lowest BCUT2D eigenvalue weighted by molar-refractivity contribution is -0.145. The quantitative estimate of drug-likeness (QED) is 0.269. The fraction of sp³-hybridized carbons (Fsp3) is 0.571. The highest BCUT2D eigenvalue weighted by Crippen LogP contribution is 2.19. The summed E-state index contributed by atoms with van der Waals surface area (Å²) in [6.45, 7) is 0.887. The average molecular weight is 391 g/mol. The Morgan fingerprint density at radius 2 is 1.79 bits per heavy atom. The molecule has 28 heavy (non-hydrogen) atoms. The SMILES string of the molecule is C#Cc1ccc(C(=O)OCCCCCCN2C[C@H](O)[C@@H](O)[C@H](O)[C@H]2CO)cc1. The molecule has 2 rings (SSSR count). The number of hydrogen-bond donors (Lipinski definition) is 4. The Kier molecular flexibility index (Phi) is 8.90. The van der Waals surface area contributed by atoms with Crippen molar-refractivity contribution in [2.24, 2.45) is 0 Å². The minimum Gasteiger partial charge on any atom is -0.462 e. The third-order valence-electron chi connectivity index (χ3n) is 5.08. The molecule has 0 bridgehead atoms. The first-order valence-electron chi connectivity index (χ1n) is 9.60. The number of aliphatic hydroxyl groups is 4. The number of β-amino-alcohol motifs (C(OH)–C–C–N with tert-alkyl or cyclic N) is 1. The van der Waals surface area contributed by atoms with Gasteiger partial charge in [0.1, 0.15) is 12.2 Å². The third kappa shape index (κ3) is 6.03. The molecule has 0 saturated carbocycles. The summed E-state index contributed by atoms with van der Waals surface area (Å²) in [5, 5.41) is 38.9. The molecule has 0 radical (unpaired) electrons. The van der Waals surface area contributed by atoms with E-state index in [0.29, 0.717) is 24.3 Å². The Morgan fingerprint density at radius 1 is 1.11 bits per heavy atom. The molecule has 7 heteroatoms. The Hall–Kier alpha value is -1.95. The summed E-state index contributed by atoms with van der Waals surface area (Å²) in [5.74, 6) is 2.12. The van der Waals surface area contributed by atoms with Crippen molar-refractivity contribution in [1.82, 2.24) is 4.90 Å². The van der Waals surface area contributed by atoms with Gasteiger partial charge in [0.25, 0.3) is 0 Å². The van der Waals surface area contributed by atoms with Crippen molar-refractivity contribution in [3.05, 3.63) is 35.4 Å². The van der Waals surface area contributed by atoms with Crippen LogP contribution in [0.25, 0.3) is 0 Å². The standard InChI is InChI=1S/C21H29NO6/c1-2-15-7-9-16(10-8-15)21(27)28-12-6-4-3-5-11-22-13-18(24)20(26)19(25)17(22)14-23/h1,7-10,17-20,23-26H,3-6,11-14H2/t17-,18+,19-,20-/m1/s1. The molecule has 0 amide bonds. The highest BCUT2D eigenvalue weighted by Gasteiger charge is 2.40. The molecular formula is C21H29NO6. The average Bonchev–Trinajstić information content (AvgIpc) is 2.71. The highest BCUT2D eigenvalue weighted by molar-refractivity contribution is 5.89. The van der Waals surface area contributed by atoms with Crippen LogP contribution < -0.4 is 0 Å². The zero-order valence-corrected chi connectivity index (χ0v) is 15.9. The Bertz CT molecular complexity index is 656. The van der Waals surface area contributed by atoms with E-state index in [-0.39, 0.29) is 19.1 Å². The number of hydrogen-bond acceptors (Lipinski definition) is 7. The van der Waals surface area contributed by atoms with Gasteiger partial charge in [-0.05, 0) is 43.7 Å². The summed E-state index contributed by atoms with van der Waals surface area (Å²) >= 11 is 0. The topological polar surface area (TPSA) is 110 Å². The first-order valence-corrected chi connectivity index (χ1v) is 9.60. The number of carbonyl (C=O) groups excluding carboxylic acids is 1. The zero-order valence-electron chi connectivity index (χ0n) is 15.9. The summed E-state index contributed by atoms with van der Waals surface area (Å²) < 4.78 is 5.24. The van der Waals surface area contributed by atoms with Crippen LogP contribution in [0.2, 0.25) is 0 Å². The van der Waals surface area contributed by atoms with E-state index in [2.05, 4.69) is 5.92 Å². The maximum Gasteiger partial charge on any atom is 0.338 e. The molecule has 0 spiro atoms. The number of rotatable bonds is 9. The van der Waals surface area contributed by atoms with Crippen LogP contribution in [0.5, 0.6) is 0 Å². The molecule has 1 aliphatic rings. The second kappa shape index (κ2) is 11.1. The normalized spacial score (nSPS) is 25.2. The molecule has 154 valence electrons. The molecule has 4 N–H and O–H groups in total. The van der Waals surface area contributed by atoms with Gasteiger partial charge in [-0.3, -0.25) is 4.90 Å². The smallest absolute Gasteiger partial charge is 0.338 e. The lowest BCUT2D eigenvalue weighted by Gasteiger charge is -2.43. The third-order valence-corrected chi connectivity index (χ3v) is 5.08. The van der Waals surface area contributed by atoms with E-state index in [4.69, 9.17) is 11.2 Å². The summed E-state index contributed by atoms with van der Waals surface area (Å²) in [6, 6.07) is 6.12. The second-order valence-electron chi connectivity index (χ2n) is 7.07. The molecule has 1 saturated heterocycles. The van der Waals surface area contributed by atoms with E-state index in [9.17, 15) is 25.2 Å². The number of unbranched alkanes of at least 4 members (excludes halogenated alkanes) is 3. The predicted molar refractivity (Wildman–Crippen MR) is 104 cm³/mol. The van der Waals surface area contributed by atoms with Gasteiger partial charge in [0, 0.05) is 12.1 Å². The molecule has 1 aliphatic heterocycles. The number of aliphatic hydroxyl groups excluding tert-OH is 4. The van der Waals surface area contributed by atoms with Gasteiger partial charge in [-0.15, -0.1) is 6.42 Å². The van der Waals surface area contributed by atoms with Crippen LogP contribution in [-0.4, -0.2) is 82.0 Å². The van der Waals surface area contributed by atoms with Crippen LogP contribution in [0.3, 0.4) is 0 Å². The van der Waals surface area contributed by atoms with Gasteiger partial charge in [-0.2, -0.15) is 0 Å². The molecule has 0 aromatic heterocycles. The van der Waals surface area contributed by atoms with Crippen LogP contribution in [0.15, 0.2) is 24.3 Å². The van der Waals surface area contributed by atoms with Crippen molar-refractivity contribution in [2.75, 3.05) is 26.3 Å². The van der Waals surface area contributed by atoms with E-state index in [1.807, 2.05) is 4.90 Å². The predicted octanol–water partition coefficient (Wildman–Crippen LogP) is 0.144. The second-order valence-corrected chi connectivity index (χ2v) is 7.07. The van der Waals surface area contributed by atoms with Gasteiger partial charge in [0.15, 0.2) is 0 Å². The van der Waals surface area contributed by atoms with Crippen molar-refractivity contribution in [3.8, 4) is 12.3 Å². The number of piperidine rings is 1. The van der Waals surface area contributed by atoms with Crippen LogP contribution in [0, 0.1) is 12.3 Å². The number of nitrogens with zero attached hydrogens (tertiary/aromatic N) is 1. The highest BCUT2D eigenvalue weighted by atomic mass is 16.5. The van der Waals surface area contributed by atoms with Gasteiger partial charge < -0.3 is 25.2 Å². The van der Waals surface area contributed by atoms with Crippen molar-refractivity contribution in [1.29, 1.82) is 0 Å². The summed E-state index contributed by atoms with van der Waals surface area (Å²) in [6.07, 6.45) is 5.17. The molecule has 0 unspecified atom stereocenters. The van der Waals surface area contributed by atoms with E-state index in [1.165, 1.54) is 0 Å². The van der Waals surface area contributed by atoms with Crippen molar-refractivity contribution >= 4 is 5.97 Å². The molecule has 4 atom stereocenters. The first kappa shape index (κ1) is 22.3. The number of carbonyl (C=O) groups is 1. The molecule has 1 fully saturated rings. The zero-order chi connectivity index (χ0) is 20.5. The number of esters is 1. The van der Waals surface area contributed by atoms with Gasteiger partial charge in [0.05, 0.1) is 30.9 Å². The van der Waals surface area contributed by atoms with Crippen LogP contribution in [0.4, 0.5) is 0 Å². The summed E-state index contributed by atoms with van der Waals surface area (Å²) in [4.78, 5) is 13.7. The lowest BCUT2D eigenvalue weighted by atomic mass is 9.94. The van der Waals surface area contributed by atoms with E-state index in [0.717, 1.165) is 25.7 Å². The maximum atomic E-state index is 11.9. The minimum atomic E-state index is -1.23. The Morgan fingerprint density at radius 3 is 2.43 bits per heavy atom. The van der Waals surface area contributed by atoms with Gasteiger partial charge in [-0.25, -0.2) is 4.79 Å². The van der Waals surface area contributed by atoms with Crippen molar-refractivity contribution in [3.63, 3.8) is 0 Å². The van der Waals surface area contributed by atoms with Crippen LogP contribution in [-0.2, 0) is 4.74 Å². The van der Waals surface area contributed by atoms with E-state index >= 15 is 0 Å². The molecule has 1 aromatic carbocycles. The minimum absolute atomic E-state index is 0.222. The molecule has 7 nitrogen and oxygen atoms in total. The Balaban J connectivity index is 1.61. The fourth-order valence-corrected chi connectivity index (χ4v) is 3.36. The summed E-state index contributed by atoms with van der Waals surface area (Å²) in [5.41, 5.74) is 1.18.